The highest BCUT2D eigenvalue weighted by molar-refractivity contribution is 7.75. The fourth-order valence-electron chi connectivity index (χ4n) is 2.55. The van der Waals surface area contributed by atoms with Crippen LogP contribution in [0.25, 0.3) is 0 Å². The molecule has 0 saturated carbocycles. The molecule has 0 heterocycles. The Morgan fingerprint density at radius 3 is 1.42 bits per heavy atom. The van der Waals surface area contributed by atoms with E-state index in [-0.39, 0.29) is 24.0 Å². The van der Waals surface area contributed by atoms with E-state index < -0.39 is 7.26 Å². The van der Waals surface area contributed by atoms with Crippen LogP contribution < -0.4 is 24.0 Å². The molecule has 0 atom stereocenters. The molecule has 0 rings (SSSR count). The maximum absolute atomic E-state index is 11.3. The van der Waals surface area contributed by atoms with E-state index in [2.05, 4.69) is 20.8 Å². The summed E-state index contributed by atoms with van der Waals surface area (Å²) in [6, 6.07) is 0. The first-order chi connectivity index (χ1) is 8.60. The van der Waals surface area contributed by atoms with Crippen molar-refractivity contribution in [3.05, 3.63) is 0 Å². The van der Waals surface area contributed by atoms with E-state index in [1.807, 2.05) is 0 Å². The van der Waals surface area contributed by atoms with Crippen LogP contribution in [0.1, 0.15) is 72.6 Å². The van der Waals surface area contributed by atoms with E-state index in [4.69, 9.17) is 0 Å². The van der Waals surface area contributed by atoms with Gasteiger partial charge >= 0.3 is 0 Å². The molecule has 0 N–H and O–H groups in total. The lowest BCUT2D eigenvalue weighted by Crippen LogP contribution is -3.00. The number of ketones is 1. The van der Waals surface area contributed by atoms with Crippen LogP contribution >= 0.6 is 7.26 Å². The third-order valence-corrected chi connectivity index (χ3v) is 8.86. The molecule has 0 saturated heterocycles. The van der Waals surface area contributed by atoms with Gasteiger partial charge in [0.15, 0.2) is 0 Å². The van der Waals surface area contributed by atoms with Gasteiger partial charge in [-0.15, -0.1) is 0 Å². The Balaban J connectivity index is 0. The molecule has 0 fully saturated rings. The van der Waals surface area contributed by atoms with Crippen molar-refractivity contribution in [1.82, 2.24) is 0 Å². The topological polar surface area (TPSA) is 17.1 Å². The summed E-state index contributed by atoms with van der Waals surface area (Å²) >= 11 is 0. The van der Waals surface area contributed by atoms with Crippen molar-refractivity contribution in [2.75, 3.05) is 24.6 Å². The molecular formula is C16H34IOP. The third kappa shape index (κ3) is 11.2. The molecule has 0 radical (unpaired) electrons. The molecular weight excluding hydrogens is 366 g/mol. The molecule has 0 aliphatic carbocycles. The van der Waals surface area contributed by atoms with Gasteiger partial charge in [0, 0.05) is 13.7 Å². The van der Waals surface area contributed by atoms with Crippen LogP contribution in [0.4, 0.5) is 0 Å². The van der Waals surface area contributed by atoms with Gasteiger partial charge in [0.25, 0.3) is 0 Å². The van der Waals surface area contributed by atoms with Gasteiger partial charge in [-0.1, -0.05) is 40.0 Å². The predicted molar refractivity (Wildman–Crippen MR) is 86.4 cm³/mol. The molecule has 116 valence electrons. The van der Waals surface area contributed by atoms with Crippen LogP contribution in [0.2, 0.25) is 0 Å². The van der Waals surface area contributed by atoms with Gasteiger partial charge in [-0.2, -0.15) is 0 Å². The largest absolute Gasteiger partial charge is 1.00 e. The molecule has 0 aliphatic heterocycles. The minimum atomic E-state index is -0.820. The number of Topliss-reactive ketones (excluding diaryl/α,β-unsaturated/α-hetero) is 1. The zero-order valence-corrected chi connectivity index (χ0v) is 16.6. The van der Waals surface area contributed by atoms with Gasteiger partial charge in [0.1, 0.15) is 5.78 Å². The fourth-order valence-corrected chi connectivity index (χ4v) is 7.64. The molecule has 1 nitrogen and oxygen atoms in total. The molecule has 3 heteroatoms. The van der Waals surface area contributed by atoms with Crippen molar-refractivity contribution < 1.29 is 28.8 Å². The van der Waals surface area contributed by atoms with Crippen molar-refractivity contribution in [2.45, 2.75) is 72.6 Å². The SMILES string of the molecule is CCCC[P+](CCCC)(CCCC)CCC(C)=O.[I-]. The lowest BCUT2D eigenvalue weighted by atomic mass is 10.3. The fraction of sp³-hybridized carbons (Fsp3) is 0.938. The quantitative estimate of drug-likeness (QED) is 0.363. The molecule has 0 amide bonds. The monoisotopic (exact) mass is 400 g/mol. The molecule has 0 spiro atoms. The maximum atomic E-state index is 11.3. The van der Waals surface area contributed by atoms with Crippen molar-refractivity contribution in [2.24, 2.45) is 0 Å². The summed E-state index contributed by atoms with van der Waals surface area (Å²) < 4.78 is 0. The Kier molecular flexibility index (Phi) is 16.1. The summed E-state index contributed by atoms with van der Waals surface area (Å²) in [6.45, 7) is 8.63. The lowest BCUT2D eigenvalue weighted by Gasteiger charge is -2.27. The standard InChI is InChI=1S/C16H34OP.HI/c1-5-8-12-18(13-9-6-2,14-10-7-3)15-11-16(4)17;/h5-15H2,1-4H3;1H/q+1;/p-1. The number of hydrogen-bond donors (Lipinski definition) is 0. The minimum absolute atomic E-state index is 0. The molecule has 0 unspecified atom stereocenters. The maximum Gasteiger partial charge on any atom is 0.133 e. The van der Waals surface area contributed by atoms with Crippen LogP contribution in [-0.4, -0.2) is 30.4 Å². The highest BCUT2D eigenvalue weighted by Crippen LogP contribution is 2.61. The van der Waals surface area contributed by atoms with Gasteiger partial charge in [-0.3, -0.25) is 4.79 Å². The smallest absolute Gasteiger partial charge is 0.133 e. The van der Waals surface area contributed by atoms with Crippen LogP contribution in [0.5, 0.6) is 0 Å². The van der Waals surface area contributed by atoms with Crippen molar-refractivity contribution in [1.29, 1.82) is 0 Å². The number of unbranched alkanes of at least 4 members (excludes halogenated alkanes) is 3. The minimum Gasteiger partial charge on any atom is -1.00 e. The van der Waals surface area contributed by atoms with Crippen molar-refractivity contribution >= 4 is 13.0 Å². The molecule has 0 aliphatic rings. The van der Waals surface area contributed by atoms with Gasteiger partial charge in [0.2, 0.25) is 0 Å². The first kappa shape index (κ1) is 22.1. The average Bonchev–Trinajstić information content (AvgIpc) is 2.37. The number of halogens is 1. The summed E-state index contributed by atoms with van der Waals surface area (Å²) in [5.41, 5.74) is 0. The number of carbonyl (C=O) groups is 1. The normalized spacial score (nSPS) is 11.2. The van der Waals surface area contributed by atoms with Crippen molar-refractivity contribution in [3.8, 4) is 0 Å². The summed E-state index contributed by atoms with van der Waals surface area (Å²) in [6.07, 6.45) is 14.4. The Morgan fingerprint density at radius 2 is 1.16 bits per heavy atom. The molecule has 0 bridgehead atoms. The zero-order valence-electron chi connectivity index (χ0n) is 13.5. The predicted octanol–water partition coefficient (Wildman–Crippen LogP) is 2.39. The Morgan fingerprint density at radius 1 is 0.789 bits per heavy atom. The summed E-state index contributed by atoms with van der Waals surface area (Å²) in [7, 11) is -0.820. The Bertz CT molecular complexity index is 197. The number of rotatable bonds is 12. The lowest BCUT2D eigenvalue weighted by molar-refractivity contribution is -0.116. The average molecular weight is 400 g/mol. The van der Waals surface area contributed by atoms with E-state index >= 15 is 0 Å². The first-order valence-corrected chi connectivity index (χ1v) is 10.5. The van der Waals surface area contributed by atoms with E-state index in [1.165, 1.54) is 63.2 Å². The van der Waals surface area contributed by atoms with E-state index in [0.717, 1.165) is 6.42 Å². The number of hydrogen-bond acceptors (Lipinski definition) is 1. The first-order valence-electron chi connectivity index (χ1n) is 7.94. The van der Waals surface area contributed by atoms with Gasteiger partial charge in [-0.25, -0.2) is 0 Å². The van der Waals surface area contributed by atoms with Crippen LogP contribution in [-0.2, 0) is 4.79 Å². The van der Waals surface area contributed by atoms with Gasteiger partial charge in [-0.05, 0) is 26.2 Å². The third-order valence-electron chi connectivity index (χ3n) is 3.90. The van der Waals surface area contributed by atoms with Crippen molar-refractivity contribution in [3.63, 3.8) is 0 Å². The second-order valence-electron chi connectivity index (χ2n) is 5.75. The van der Waals surface area contributed by atoms with E-state index in [0.29, 0.717) is 5.78 Å². The Hall–Kier alpha value is 0.830. The molecule has 0 aromatic heterocycles. The van der Waals surface area contributed by atoms with Crippen LogP contribution in [0.15, 0.2) is 0 Å². The van der Waals surface area contributed by atoms with E-state index in [1.54, 1.807) is 6.92 Å². The van der Waals surface area contributed by atoms with Crippen LogP contribution in [0, 0.1) is 0 Å². The molecule has 0 aromatic rings. The second kappa shape index (κ2) is 13.8. The summed E-state index contributed by atoms with van der Waals surface area (Å²) in [5.74, 6) is 0.392. The second-order valence-corrected chi connectivity index (χ2v) is 10.2. The zero-order chi connectivity index (χ0) is 13.9. The Labute approximate surface area is 139 Å². The van der Waals surface area contributed by atoms with Crippen LogP contribution in [0.3, 0.4) is 0 Å². The number of carbonyl (C=O) groups excluding carboxylic acids is 1. The molecule has 19 heavy (non-hydrogen) atoms. The molecule has 0 aromatic carbocycles. The van der Waals surface area contributed by atoms with E-state index in [9.17, 15) is 4.79 Å². The summed E-state index contributed by atoms with van der Waals surface area (Å²) in [4.78, 5) is 11.3. The summed E-state index contributed by atoms with van der Waals surface area (Å²) in [5, 5.41) is 0. The van der Waals surface area contributed by atoms with Gasteiger partial charge < -0.3 is 24.0 Å². The van der Waals surface area contributed by atoms with Gasteiger partial charge in [0.05, 0.1) is 24.6 Å². The highest BCUT2D eigenvalue weighted by atomic mass is 127. The highest BCUT2D eigenvalue weighted by Gasteiger charge is 2.35.